The average Bonchev–Trinajstić information content (AvgIpc) is 2.40. The van der Waals surface area contributed by atoms with Crippen LogP contribution in [-0.4, -0.2) is 9.78 Å². The Morgan fingerprint density at radius 3 is 2.31 bits per heavy atom. The molecule has 3 nitrogen and oxygen atoms in total. The molecule has 0 aromatic carbocycles. The SMILES string of the molecule is Cc1nn(C)c(C)c1C(N)CCCC(C)C. The highest BCUT2D eigenvalue weighted by Gasteiger charge is 2.16. The van der Waals surface area contributed by atoms with Gasteiger partial charge in [-0.2, -0.15) is 5.10 Å². The summed E-state index contributed by atoms with van der Waals surface area (Å²) in [5, 5.41) is 4.41. The number of nitrogens with zero attached hydrogens (tertiary/aromatic N) is 2. The van der Waals surface area contributed by atoms with Crippen LogP contribution in [0.15, 0.2) is 0 Å². The van der Waals surface area contributed by atoms with E-state index in [-0.39, 0.29) is 6.04 Å². The van der Waals surface area contributed by atoms with E-state index in [2.05, 4.69) is 25.9 Å². The predicted molar refractivity (Wildman–Crippen MR) is 68.3 cm³/mol. The summed E-state index contributed by atoms with van der Waals surface area (Å²) in [6, 6.07) is 0.146. The third kappa shape index (κ3) is 3.08. The lowest BCUT2D eigenvalue weighted by atomic mass is 9.97. The number of hydrogen-bond acceptors (Lipinski definition) is 2. The van der Waals surface area contributed by atoms with Gasteiger partial charge in [0.05, 0.1) is 5.69 Å². The van der Waals surface area contributed by atoms with Gasteiger partial charge in [-0.1, -0.05) is 26.7 Å². The fourth-order valence-electron chi connectivity index (χ4n) is 2.22. The maximum absolute atomic E-state index is 6.24. The van der Waals surface area contributed by atoms with Gasteiger partial charge in [0, 0.05) is 24.3 Å². The Bertz CT molecular complexity index is 339. The highest BCUT2D eigenvalue weighted by molar-refractivity contribution is 5.27. The zero-order valence-corrected chi connectivity index (χ0v) is 11.2. The van der Waals surface area contributed by atoms with Crippen LogP contribution in [0.2, 0.25) is 0 Å². The molecule has 1 atom stereocenters. The van der Waals surface area contributed by atoms with Gasteiger partial charge in [0.2, 0.25) is 0 Å². The molecular formula is C13H25N3. The van der Waals surface area contributed by atoms with Crippen LogP contribution in [0.4, 0.5) is 0 Å². The normalized spacial score (nSPS) is 13.4. The van der Waals surface area contributed by atoms with E-state index < -0.39 is 0 Å². The van der Waals surface area contributed by atoms with Crippen molar-refractivity contribution in [3.05, 3.63) is 17.0 Å². The summed E-state index contributed by atoms with van der Waals surface area (Å²) in [5.74, 6) is 0.767. The number of hydrogen-bond donors (Lipinski definition) is 1. The number of rotatable bonds is 5. The lowest BCUT2D eigenvalue weighted by Crippen LogP contribution is -2.12. The molecule has 1 aromatic heterocycles. The molecule has 0 aliphatic carbocycles. The Balaban J connectivity index is 2.62. The monoisotopic (exact) mass is 223 g/mol. The van der Waals surface area contributed by atoms with Crippen LogP contribution in [-0.2, 0) is 7.05 Å². The van der Waals surface area contributed by atoms with E-state index in [1.54, 1.807) is 0 Å². The third-order valence-electron chi connectivity index (χ3n) is 3.23. The fraction of sp³-hybridized carbons (Fsp3) is 0.769. The molecule has 0 bridgehead atoms. The zero-order valence-electron chi connectivity index (χ0n) is 11.2. The molecule has 2 N–H and O–H groups in total. The van der Waals surface area contributed by atoms with Crippen LogP contribution in [0.1, 0.15) is 56.1 Å². The molecule has 0 amide bonds. The lowest BCUT2D eigenvalue weighted by Gasteiger charge is -2.13. The first-order valence-corrected chi connectivity index (χ1v) is 6.19. The summed E-state index contributed by atoms with van der Waals surface area (Å²) in [7, 11) is 1.98. The molecule has 0 saturated heterocycles. The van der Waals surface area contributed by atoms with E-state index in [4.69, 9.17) is 5.73 Å². The minimum Gasteiger partial charge on any atom is -0.324 e. The second-order valence-corrected chi connectivity index (χ2v) is 5.14. The fourth-order valence-corrected chi connectivity index (χ4v) is 2.22. The summed E-state index contributed by atoms with van der Waals surface area (Å²) < 4.78 is 1.92. The summed E-state index contributed by atoms with van der Waals surface area (Å²) in [6.45, 7) is 8.65. The van der Waals surface area contributed by atoms with E-state index in [9.17, 15) is 0 Å². The highest BCUT2D eigenvalue weighted by Crippen LogP contribution is 2.24. The maximum Gasteiger partial charge on any atom is 0.0644 e. The molecule has 92 valence electrons. The van der Waals surface area contributed by atoms with Gasteiger partial charge in [-0.15, -0.1) is 0 Å². The van der Waals surface area contributed by atoms with Crippen LogP contribution >= 0.6 is 0 Å². The minimum absolute atomic E-state index is 0.146. The topological polar surface area (TPSA) is 43.8 Å². The third-order valence-corrected chi connectivity index (χ3v) is 3.23. The Morgan fingerprint density at radius 1 is 1.25 bits per heavy atom. The Morgan fingerprint density at radius 2 is 1.88 bits per heavy atom. The molecule has 1 unspecified atom stereocenters. The molecule has 16 heavy (non-hydrogen) atoms. The molecule has 0 aliphatic heterocycles. The molecule has 1 heterocycles. The zero-order chi connectivity index (χ0) is 12.3. The van der Waals surface area contributed by atoms with Crippen molar-refractivity contribution in [1.29, 1.82) is 0 Å². The van der Waals surface area contributed by atoms with Gasteiger partial charge in [0.15, 0.2) is 0 Å². The van der Waals surface area contributed by atoms with Crippen molar-refractivity contribution < 1.29 is 0 Å². The Labute approximate surface area is 99.0 Å². The van der Waals surface area contributed by atoms with E-state index in [0.717, 1.165) is 18.0 Å². The van der Waals surface area contributed by atoms with E-state index in [1.165, 1.54) is 24.1 Å². The average molecular weight is 223 g/mol. The number of aryl methyl sites for hydroxylation is 2. The first kappa shape index (κ1) is 13.2. The van der Waals surface area contributed by atoms with Crippen molar-refractivity contribution in [2.45, 2.75) is 53.0 Å². The first-order chi connectivity index (χ1) is 7.43. The summed E-state index contributed by atoms with van der Waals surface area (Å²) >= 11 is 0. The van der Waals surface area contributed by atoms with E-state index in [0.29, 0.717) is 0 Å². The summed E-state index contributed by atoms with van der Waals surface area (Å²) in [5.41, 5.74) is 9.77. The van der Waals surface area contributed by atoms with Crippen molar-refractivity contribution >= 4 is 0 Å². The van der Waals surface area contributed by atoms with Crippen molar-refractivity contribution in [1.82, 2.24) is 9.78 Å². The van der Waals surface area contributed by atoms with Crippen molar-refractivity contribution in [2.24, 2.45) is 18.7 Å². The van der Waals surface area contributed by atoms with Gasteiger partial charge in [-0.3, -0.25) is 4.68 Å². The largest absolute Gasteiger partial charge is 0.324 e. The second kappa shape index (κ2) is 5.48. The van der Waals surface area contributed by atoms with Crippen LogP contribution in [0.25, 0.3) is 0 Å². The lowest BCUT2D eigenvalue weighted by molar-refractivity contribution is 0.504. The van der Waals surface area contributed by atoms with Crippen LogP contribution < -0.4 is 5.73 Å². The van der Waals surface area contributed by atoms with E-state index in [1.807, 2.05) is 18.7 Å². The quantitative estimate of drug-likeness (QED) is 0.834. The minimum atomic E-state index is 0.146. The number of nitrogens with two attached hydrogens (primary N) is 1. The van der Waals surface area contributed by atoms with Gasteiger partial charge in [-0.05, 0) is 26.2 Å². The van der Waals surface area contributed by atoms with Gasteiger partial charge >= 0.3 is 0 Å². The number of aromatic nitrogens is 2. The molecule has 0 aliphatic rings. The molecule has 0 radical (unpaired) electrons. The molecule has 3 heteroatoms. The van der Waals surface area contributed by atoms with Gasteiger partial charge in [-0.25, -0.2) is 0 Å². The van der Waals surface area contributed by atoms with Gasteiger partial charge in [0.1, 0.15) is 0 Å². The van der Waals surface area contributed by atoms with Crippen molar-refractivity contribution in [3.63, 3.8) is 0 Å². The smallest absolute Gasteiger partial charge is 0.0644 e. The Hall–Kier alpha value is -0.830. The van der Waals surface area contributed by atoms with Crippen molar-refractivity contribution in [2.75, 3.05) is 0 Å². The van der Waals surface area contributed by atoms with Crippen LogP contribution in [0.5, 0.6) is 0 Å². The summed E-state index contributed by atoms with van der Waals surface area (Å²) in [6.07, 6.45) is 3.52. The van der Waals surface area contributed by atoms with Crippen molar-refractivity contribution in [3.8, 4) is 0 Å². The molecular weight excluding hydrogens is 198 g/mol. The van der Waals surface area contributed by atoms with Gasteiger partial charge in [0.25, 0.3) is 0 Å². The van der Waals surface area contributed by atoms with Gasteiger partial charge < -0.3 is 5.73 Å². The molecule has 0 saturated carbocycles. The standard InChI is InChI=1S/C13H25N3/c1-9(2)7-6-8-12(14)13-10(3)15-16(5)11(13)4/h9,12H,6-8,14H2,1-5H3. The van der Waals surface area contributed by atoms with E-state index >= 15 is 0 Å². The predicted octanol–water partition coefficient (Wildman–Crippen LogP) is 2.86. The molecule has 1 aromatic rings. The molecule has 1 rings (SSSR count). The Kier molecular flexibility index (Phi) is 4.54. The first-order valence-electron chi connectivity index (χ1n) is 6.19. The highest BCUT2D eigenvalue weighted by atomic mass is 15.3. The molecule has 0 fully saturated rings. The van der Waals surface area contributed by atoms with Crippen LogP contribution in [0.3, 0.4) is 0 Å². The summed E-state index contributed by atoms with van der Waals surface area (Å²) in [4.78, 5) is 0. The molecule has 0 spiro atoms. The second-order valence-electron chi connectivity index (χ2n) is 5.14. The maximum atomic E-state index is 6.24. The van der Waals surface area contributed by atoms with Crippen LogP contribution in [0, 0.1) is 19.8 Å².